The number of carbonyl (C=O) groups excluding carboxylic acids is 1. The van der Waals surface area contributed by atoms with E-state index in [1.165, 1.54) is 36.5 Å². The molecule has 1 N–H and O–H groups in total. The minimum Gasteiger partial charge on any atom is -0.490 e. The lowest BCUT2D eigenvalue weighted by atomic mass is 10.1. The van der Waals surface area contributed by atoms with E-state index in [1.807, 2.05) is 0 Å². The zero-order chi connectivity index (χ0) is 23.3. The SMILES string of the molecule is CCN(C(=O)O)c1cc(C(=O)N2CCC(Oc3cccc(OC(F)(F)F)c3)CC2)ccn1. The van der Waals surface area contributed by atoms with Crippen molar-refractivity contribution in [1.29, 1.82) is 0 Å². The van der Waals surface area contributed by atoms with Gasteiger partial charge in [-0.1, -0.05) is 6.07 Å². The van der Waals surface area contributed by atoms with Crippen LogP contribution in [-0.4, -0.2) is 59.1 Å². The van der Waals surface area contributed by atoms with Crippen LogP contribution in [0.25, 0.3) is 0 Å². The van der Waals surface area contributed by atoms with Crippen LogP contribution in [0.5, 0.6) is 11.5 Å². The van der Waals surface area contributed by atoms with E-state index < -0.39 is 12.5 Å². The van der Waals surface area contributed by atoms with Crippen LogP contribution in [0.2, 0.25) is 0 Å². The molecule has 1 aromatic carbocycles. The quantitative estimate of drug-likeness (QED) is 0.706. The van der Waals surface area contributed by atoms with E-state index in [9.17, 15) is 27.9 Å². The van der Waals surface area contributed by atoms with Crippen molar-refractivity contribution in [2.75, 3.05) is 24.5 Å². The molecule has 1 aromatic heterocycles. The number of likely N-dealkylation sites (tertiary alicyclic amines) is 1. The number of halogens is 3. The number of nitrogens with zero attached hydrogens (tertiary/aromatic N) is 3. The Kier molecular flexibility index (Phi) is 7.06. The molecule has 2 aromatic rings. The molecule has 0 atom stereocenters. The van der Waals surface area contributed by atoms with Crippen molar-refractivity contribution in [2.45, 2.75) is 32.2 Å². The summed E-state index contributed by atoms with van der Waals surface area (Å²) in [4.78, 5) is 30.8. The van der Waals surface area contributed by atoms with Gasteiger partial charge in [-0.3, -0.25) is 9.69 Å². The topological polar surface area (TPSA) is 92.2 Å². The summed E-state index contributed by atoms with van der Waals surface area (Å²) in [5.74, 6) is -0.193. The second kappa shape index (κ2) is 9.75. The van der Waals surface area contributed by atoms with E-state index in [2.05, 4.69) is 9.72 Å². The lowest BCUT2D eigenvalue weighted by Gasteiger charge is -2.32. The van der Waals surface area contributed by atoms with Gasteiger partial charge in [0.05, 0.1) is 0 Å². The number of pyridine rings is 1. The Balaban J connectivity index is 1.59. The van der Waals surface area contributed by atoms with Crippen molar-refractivity contribution in [2.24, 2.45) is 0 Å². The average Bonchev–Trinajstić information content (AvgIpc) is 2.73. The van der Waals surface area contributed by atoms with Crippen molar-refractivity contribution in [3.05, 3.63) is 48.2 Å². The largest absolute Gasteiger partial charge is 0.573 e. The van der Waals surface area contributed by atoms with E-state index in [4.69, 9.17) is 4.74 Å². The van der Waals surface area contributed by atoms with Crippen LogP contribution in [0.15, 0.2) is 42.6 Å². The number of anilines is 1. The summed E-state index contributed by atoms with van der Waals surface area (Å²) in [6, 6.07) is 8.28. The highest BCUT2D eigenvalue weighted by Crippen LogP contribution is 2.28. The molecule has 172 valence electrons. The second-order valence-electron chi connectivity index (χ2n) is 7.06. The van der Waals surface area contributed by atoms with Gasteiger partial charge in [-0.05, 0) is 31.2 Å². The van der Waals surface area contributed by atoms with Crippen molar-refractivity contribution >= 4 is 17.8 Å². The molecule has 1 saturated heterocycles. The van der Waals surface area contributed by atoms with Crippen molar-refractivity contribution in [3.63, 3.8) is 0 Å². The number of amides is 2. The standard InChI is InChI=1S/C21H22F3N3O5/c1-2-27(20(29)30)18-12-14(6-9-25-18)19(28)26-10-7-15(8-11-26)31-16-4-3-5-17(13-16)32-21(22,23)24/h3-6,9,12-13,15H,2,7-8,10-11H2,1H3,(H,29,30). The summed E-state index contributed by atoms with van der Waals surface area (Å²) in [5, 5.41) is 9.24. The van der Waals surface area contributed by atoms with Gasteiger partial charge in [-0.2, -0.15) is 0 Å². The molecule has 0 aliphatic carbocycles. The minimum absolute atomic E-state index is 0.171. The minimum atomic E-state index is -4.78. The molecule has 11 heteroatoms. The maximum atomic E-state index is 12.8. The smallest absolute Gasteiger partial charge is 0.490 e. The molecule has 2 heterocycles. The van der Waals surface area contributed by atoms with Crippen molar-refractivity contribution in [1.82, 2.24) is 9.88 Å². The first-order valence-corrected chi connectivity index (χ1v) is 9.94. The Hall–Kier alpha value is -3.50. The van der Waals surface area contributed by atoms with Crippen LogP contribution in [0, 0.1) is 0 Å². The first-order valence-electron chi connectivity index (χ1n) is 9.94. The third kappa shape index (κ3) is 6.02. The highest BCUT2D eigenvalue weighted by atomic mass is 19.4. The molecule has 0 radical (unpaired) electrons. The lowest BCUT2D eigenvalue weighted by molar-refractivity contribution is -0.274. The summed E-state index contributed by atoms with van der Waals surface area (Å²) in [5.41, 5.74) is 0.325. The number of aromatic nitrogens is 1. The number of hydrogen-bond donors (Lipinski definition) is 1. The predicted molar refractivity (Wildman–Crippen MR) is 108 cm³/mol. The van der Waals surface area contributed by atoms with E-state index in [0.29, 0.717) is 31.5 Å². The average molecular weight is 453 g/mol. The predicted octanol–water partition coefficient (Wildman–Crippen LogP) is 4.17. The zero-order valence-electron chi connectivity index (χ0n) is 17.2. The Labute approximate surface area is 182 Å². The molecule has 3 rings (SSSR count). The third-order valence-corrected chi connectivity index (χ3v) is 4.89. The van der Waals surface area contributed by atoms with E-state index in [1.54, 1.807) is 17.9 Å². The normalized spacial score (nSPS) is 14.7. The fourth-order valence-electron chi connectivity index (χ4n) is 3.39. The maximum Gasteiger partial charge on any atom is 0.573 e. The first-order chi connectivity index (χ1) is 15.2. The third-order valence-electron chi connectivity index (χ3n) is 4.89. The highest BCUT2D eigenvalue weighted by molar-refractivity contribution is 5.96. The first kappa shape index (κ1) is 23.2. The molecule has 0 saturated carbocycles. The Morgan fingerprint density at radius 3 is 2.50 bits per heavy atom. The number of ether oxygens (including phenoxy) is 2. The lowest BCUT2D eigenvalue weighted by Crippen LogP contribution is -2.42. The number of carbonyl (C=O) groups is 2. The Morgan fingerprint density at radius 2 is 1.88 bits per heavy atom. The van der Waals surface area contributed by atoms with Crippen LogP contribution in [0.1, 0.15) is 30.1 Å². The van der Waals surface area contributed by atoms with Crippen molar-refractivity contribution < 1.29 is 37.3 Å². The molecule has 1 fully saturated rings. The van der Waals surface area contributed by atoms with Gasteiger partial charge in [0.1, 0.15) is 23.4 Å². The van der Waals surface area contributed by atoms with Gasteiger partial charge < -0.3 is 19.5 Å². The zero-order valence-corrected chi connectivity index (χ0v) is 17.2. The molecular weight excluding hydrogens is 431 g/mol. The molecule has 1 aliphatic rings. The van der Waals surface area contributed by atoms with Crippen molar-refractivity contribution in [3.8, 4) is 11.5 Å². The number of benzene rings is 1. The van der Waals surface area contributed by atoms with Crippen LogP contribution in [0.4, 0.5) is 23.8 Å². The van der Waals surface area contributed by atoms with Crippen LogP contribution in [-0.2, 0) is 0 Å². The van der Waals surface area contributed by atoms with Gasteiger partial charge >= 0.3 is 12.5 Å². The Bertz CT molecular complexity index is 962. The molecule has 32 heavy (non-hydrogen) atoms. The van der Waals surface area contributed by atoms with Gasteiger partial charge in [-0.15, -0.1) is 13.2 Å². The number of hydrogen-bond acceptors (Lipinski definition) is 5. The summed E-state index contributed by atoms with van der Waals surface area (Å²) < 4.78 is 46.8. The number of carboxylic acid groups (broad SMARTS) is 1. The number of piperidine rings is 1. The molecule has 8 nitrogen and oxygen atoms in total. The van der Waals surface area contributed by atoms with Crippen LogP contribution >= 0.6 is 0 Å². The fraction of sp³-hybridized carbons (Fsp3) is 0.381. The van der Waals surface area contributed by atoms with Gasteiger partial charge in [0.15, 0.2) is 0 Å². The summed E-state index contributed by atoms with van der Waals surface area (Å²) in [7, 11) is 0. The Morgan fingerprint density at radius 1 is 1.19 bits per heavy atom. The fourth-order valence-corrected chi connectivity index (χ4v) is 3.39. The molecule has 0 unspecified atom stereocenters. The van der Waals surface area contributed by atoms with E-state index in [0.717, 1.165) is 4.90 Å². The summed E-state index contributed by atoms with van der Waals surface area (Å²) >= 11 is 0. The molecule has 0 spiro atoms. The molecule has 1 aliphatic heterocycles. The van der Waals surface area contributed by atoms with Gasteiger partial charge in [0.2, 0.25) is 0 Å². The molecule has 2 amide bonds. The molecular formula is C21H22F3N3O5. The van der Waals surface area contributed by atoms with Crippen LogP contribution < -0.4 is 14.4 Å². The van der Waals surface area contributed by atoms with E-state index in [-0.39, 0.29) is 35.9 Å². The second-order valence-corrected chi connectivity index (χ2v) is 7.06. The maximum absolute atomic E-state index is 12.8. The number of rotatable bonds is 6. The van der Waals surface area contributed by atoms with E-state index >= 15 is 0 Å². The highest BCUT2D eigenvalue weighted by Gasteiger charge is 2.31. The monoisotopic (exact) mass is 453 g/mol. The van der Waals surface area contributed by atoms with Gasteiger partial charge in [0.25, 0.3) is 5.91 Å². The summed E-state index contributed by atoms with van der Waals surface area (Å²) in [6.07, 6.45) is -3.84. The van der Waals surface area contributed by atoms with Gasteiger partial charge in [-0.25, -0.2) is 9.78 Å². The van der Waals surface area contributed by atoms with Crippen LogP contribution in [0.3, 0.4) is 0 Å². The summed E-state index contributed by atoms with van der Waals surface area (Å²) in [6.45, 7) is 2.63. The molecule has 0 bridgehead atoms. The number of alkyl halides is 3. The van der Waals surface area contributed by atoms with Gasteiger partial charge in [0, 0.05) is 50.3 Å².